The number of halogens is 2. The molecule has 0 aliphatic heterocycles. The van der Waals surface area contributed by atoms with E-state index in [9.17, 15) is 0 Å². The molecule has 3 heteroatoms. The SMILES string of the molecule is COc1ccc(C(Br)c2ccccc2C)cc1Cl. The van der Waals surface area contributed by atoms with E-state index in [2.05, 4.69) is 35.0 Å². The number of methoxy groups -OCH3 is 1. The summed E-state index contributed by atoms with van der Waals surface area (Å²) in [4.78, 5) is 0.141. The molecule has 0 bridgehead atoms. The highest BCUT2D eigenvalue weighted by Gasteiger charge is 2.13. The Labute approximate surface area is 121 Å². The second kappa shape index (κ2) is 5.77. The summed E-state index contributed by atoms with van der Waals surface area (Å²) in [6.07, 6.45) is 0. The minimum Gasteiger partial charge on any atom is -0.495 e. The van der Waals surface area contributed by atoms with Crippen LogP contribution in [0.15, 0.2) is 42.5 Å². The van der Waals surface area contributed by atoms with Crippen LogP contribution in [0.1, 0.15) is 21.5 Å². The number of hydrogen-bond donors (Lipinski definition) is 0. The molecule has 1 unspecified atom stereocenters. The predicted molar refractivity (Wildman–Crippen MR) is 80.0 cm³/mol. The fourth-order valence-corrected chi connectivity index (χ4v) is 2.96. The lowest BCUT2D eigenvalue weighted by Crippen LogP contribution is -1.96. The molecule has 0 spiro atoms. The van der Waals surface area contributed by atoms with E-state index in [1.54, 1.807) is 7.11 Å². The van der Waals surface area contributed by atoms with Gasteiger partial charge in [0.1, 0.15) is 5.75 Å². The van der Waals surface area contributed by atoms with Gasteiger partial charge in [0.15, 0.2) is 0 Å². The van der Waals surface area contributed by atoms with Gasteiger partial charge in [-0.2, -0.15) is 0 Å². The molecule has 0 heterocycles. The first-order chi connectivity index (χ1) is 8.63. The normalized spacial score (nSPS) is 12.2. The largest absolute Gasteiger partial charge is 0.495 e. The average molecular weight is 326 g/mol. The Kier molecular flexibility index (Phi) is 4.31. The van der Waals surface area contributed by atoms with Crippen molar-refractivity contribution in [1.29, 1.82) is 0 Å². The molecule has 0 fully saturated rings. The fraction of sp³-hybridized carbons (Fsp3) is 0.200. The molecule has 0 saturated heterocycles. The van der Waals surface area contributed by atoms with Crippen LogP contribution < -0.4 is 4.74 Å². The molecule has 0 amide bonds. The molecular formula is C15H14BrClO. The third-order valence-corrected chi connectivity index (χ3v) is 4.25. The van der Waals surface area contributed by atoms with Gasteiger partial charge in [-0.1, -0.05) is 57.9 Å². The molecule has 1 nitrogen and oxygen atoms in total. The van der Waals surface area contributed by atoms with Crippen molar-refractivity contribution in [3.8, 4) is 5.75 Å². The van der Waals surface area contributed by atoms with E-state index in [1.807, 2.05) is 30.3 Å². The monoisotopic (exact) mass is 324 g/mol. The summed E-state index contributed by atoms with van der Waals surface area (Å²) in [5.74, 6) is 0.699. The van der Waals surface area contributed by atoms with E-state index < -0.39 is 0 Å². The van der Waals surface area contributed by atoms with E-state index >= 15 is 0 Å². The third-order valence-electron chi connectivity index (χ3n) is 2.93. The van der Waals surface area contributed by atoms with Gasteiger partial charge < -0.3 is 4.74 Å². The zero-order valence-corrected chi connectivity index (χ0v) is 12.6. The zero-order chi connectivity index (χ0) is 13.1. The molecular weight excluding hydrogens is 312 g/mol. The van der Waals surface area contributed by atoms with Crippen molar-refractivity contribution in [2.45, 2.75) is 11.8 Å². The number of hydrogen-bond acceptors (Lipinski definition) is 1. The topological polar surface area (TPSA) is 9.23 Å². The van der Waals surface area contributed by atoms with Crippen molar-refractivity contribution in [3.63, 3.8) is 0 Å². The number of benzene rings is 2. The smallest absolute Gasteiger partial charge is 0.137 e. The van der Waals surface area contributed by atoms with Crippen LogP contribution in [-0.4, -0.2) is 7.11 Å². The van der Waals surface area contributed by atoms with E-state index in [0.717, 1.165) is 5.56 Å². The summed E-state index contributed by atoms with van der Waals surface area (Å²) >= 11 is 9.88. The Balaban J connectivity index is 2.37. The number of aryl methyl sites for hydroxylation is 1. The molecule has 0 N–H and O–H groups in total. The summed E-state index contributed by atoms with van der Waals surface area (Å²) in [7, 11) is 1.62. The van der Waals surface area contributed by atoms with Crippen LogP contribution in [0.5, 0.6) is 5.75 Å². The first-order valence-corrected chi connectivity index (χ1v) is 6.96. The van der Waals surface area contributed by atoms with Crippen molar-refractivity contribution < 1.29 is 4.74 Å². The van der Waals surface area contributed by atoms with Crippen LogP contribution in [0.2, 0.25) is 5.02 Å². The van der Waals surface area contributed by atoms with Crippen molar-refractivity contribution in [2.24, 2.45) is 0 Å². The third kappa shape index (κ3) is 2.70. The molecule has 0 aromatic heterocycles. The van der Waals surface area contributed by atoms with Gasteiger partial charge in [-0.25, -0.2) is 0 Å². The Morgan fingerprint density at radius 1 is 1.17 bits per heavy atom. The summed E-state index contributed by atoms with van der Waals surface area (Å²) in [5.41, 5.74) is 3.63. The molecule has 1 atom stereocenters. The zero-order valence-electron chi connectivity index (χ0n) is 10.3. The average Bonchev–Trinajstić information content (AvgIpc) is 2.38. The molecule has 18 heavy (non-hydrogen) atoms. The summed E-state index contributed by atoms with van der Waals surface area (Å²) < 4.78 is 5.16. The summed E-state index contributed by atoms with van der Waals surface area (Å²) in [6, 6.07) is 14.2. The first-order valence-electron chi connectivity index (χ1n) is 5.66. The van der Waals surface area contributed by atoms with Crippen molar-refractivity contribution in [1.82, 2.24) is 0 Å². The van der Waals surface area contributed by atoms with Gasteiger partial charge in [-0.05, 0) is 35.7 Å². The molecule has 0 aliphatic carbocycles. The predicted octanol–water partition coefficient (Wildman–Crippen LogP) is 5.14. The molecule has 2 aromatic rings. The number of rotatable bonds is 3. The van der Waals surface area contributed by atoms with Gasteiger partial charge in [-0.3, -0.25) is 0 Å². The van der Waals surface area contributed by atoms with Gasteiger partial charge in [0.05, 0.1) is 17.0 Å². The molecule has 2 rings (SSSR count). The molecule has 0 radical (unpaired) electrons. The van der Waals surface area contributed by atoms with Crippen LogP contribution >= 0.6 is 27.5 Å². The Bertz CT molecular complexity index is 554. The molecule has 2 aromatic carbocycles. The van der Waals surface area contributed by atoms with E-state index in [1.165, 1.54) is 11.1 Å². The highest BCUT2D eigenvalue weighted by Crippen LogP contribution is 2.36. The van der Waals surface area contributed by atoms with Crippen molar-refractivity contribution in [2.75, 3.05) is 7.11 Å². The molecule has 0 aliphatic rings. The maximum atomic E-state index is 6.16. The van der Waals surface area contributed by atoms with Crippen LogP contribution in [-0.2, 0) is 0 Å². The van der Waals surface area contributed by atoms with Gasteiger partial charge in [0, 0.05) is 0 Å². The minimum absolute atomic E-state index is 0.141. The lowest BCUT2D eigenvalue weighted by atomic mass is 10.0. The Hall–Kier alpha value is -0.990. The van der Waals surface area contributed by atoms with Crippen LogP contribution in [0.4, 0.5) is 0 Å². The van der Waals surface area contributed by atoms with Gasteiger partial charge >= 0.3 is 0 Å². The van der Waals surface area contributed by atoms with Crippen LogP contribution in [0.3, 0.4) is 0 Å². The second-order valence-electron chi connectivity index (χ2n) is 4.11. The highest BCUT2D eigenvalue weighted by atomic mass is 79.9. The minimum atomic E-state index is 0.141. The Morgan fingerprint density at radius 3 is 2.50 bits per heavy atom. The van der Waals surface area contributed by atoms with E-state index in [-0.39, 0.29) is 4.83 Å². The van der Waals surface area contributed by atoms with Crippen LogP contribution in [0, 0.1) is 6.92 Å². The maximum Gasteiger partial charge on any atom is 0.137 e. The van der Waals surface area contributed by atoms with Gasteiger partial charge in [0.2, 0.25) is 0 Å². The van der Waals surface area contributed by atoms with E-state index in [4.69, 9.17) is 16.3 Å². The van der Waals surface area contributed by atoms with Crippen molar-refractivity contribution in [3.05, 3.63) is 64.2 Å². The van der Waals surface area contributed by atoms with Gasteiger partial charge in [0.25, 0.3) is 0 Å². The van der Waals surface area contributed by atoms with Crippen molar-refractivity contribution >= 4 is 27.5 Å². The first kappa shape index (κ1) is 13.4. The maximum absolute atomic E-state index is 6.16. The fourth-order valence-electron chi connectivity index (χ4n) is 1.89. The second-order valence-corrected chi connectivity index (χ2v) is 5.44. The quantitative estimate of drug-likeness (QED) is 0.710. The Morgan fingerprint density at radius 2 is 1.89 bits per heavy atom. The number of alkyl halides is 1. The summed E-state index contributed by atoms with van der Waals surface area (Å²) in [5, 5.41) is 0.632. The van der Waals surface area contributed by atoms with E-state index in [0.29, 0.717) is 10.8 Å². The molecule has 94 valence electrons. The van der Waals surface area contributed by atoms with Crippen LogP contribution in [0.25, 0.3) is 0 Å². The highest BCUT2D eigenvalue weighted by molar-refractivity contribution is 9.09. The lowest BCUT2D eigenvalue weighted by molar-refractivity contribution is 0.415. The number of ether oxygens (including phenoxy) is 1. The lowest BCUT2D eigenvalue weighted by Gasteiger charge is -2.14. The standard InChI is InChI=1S/C15H14BrClO/c1-10-5-3-4-6-12(10)15(16)11-7-8-14(18-2)13(17)9-11/h3-9,15H,1-2H3. The molecule has 0 saturated carbocycles. The van der Waals surface area contributed by atoms with Gasteiger partial charge in [-0.15, -0.1) is 0 Å². The summed E-state index contributed by atoms with van der Waals surface area (Å²) in [6.45, 7) is 2.11.